The van der Waals surface area contributed by atoms with Gasteiger partial charge in [0.25, 0.3) is 5.56 Å². The van der Waals surface area contributed by atoms with Crippen LogP contribution in [0.15, 0.2) is 76.2 Å². The molecule has 0 aliphatic rings. The van der Waals surface area contributed by atoms with Gasteiger partial charge in [-0.3, -0.25) is 14.2 Å². The fraction of sp³-hybridized carbons (Fsp3) is 0.333. The first-order chi connectivity index (χ1) is 19.9. The van der Waals surface area contributed by atoms with Crippen molar-refractivity contribution in [1.29, 1.82) is 0 Å². The van der Waals surface area contributed by atoms with Crippen LogP contribution in [0.25, 0.3) is 11.3 Å². The summed E-state index contributed by atoms with van der Waals surface area (Å²) in [6.45, 7) is 7.96. The summed E-state index contributed by atoms with van der Waals surface area (Å²) in [7, 11) is 3.06. The van der Waals surface area contributed by atoms with E-state index in [2.05, 4.69) is 30.4 Å². The van der Waals surface area contributed by atoms with Crippen LogP contribution in [0.4, 0.5) is 0 Å². The third-order valence-electron chi connectivity index (χ3n) is 6.79. The SMILES string of the molecule is C/C=C(C(=C/CC)\c1ccc(Cc2c(CCCC)nc(C)n(-c3ccc(OC)cc3)c2=O)cc1)/C(=N/OC)NC=O. The highest BCUT2D eigenvalue weighted by molar-refractivity contribution is 6.14. The number of hydrogen-bond acceptors (Lipinski definition) is 6. The lowest BCUT2D eigenvalue weighted by Gasteiger charge is -2.17. The molecule has 1 heterocycles. The number of amidine groups is 1. The average molecular weight is 557 g/mol. The first kappa shape index (κ1) is 31.1. The molecule has 0 aliphatic heterocycles. The van der Waals surface area contributed by atoms with Crippen molar-refractivity contribution in [2.24, 2.45) is 5.16 Å². The highest BCUT2D eigenvalue weighted by Gasteiger charge is 2.18. The van der Waals surface area contributed by atoms with Crippen molar-refractivity contribution in [2.75, 3.05) is 14.2 Å². The molecule has 41 heavy (non-hydrogen) atoms. The van der Waals surface area contributed by atoms with Crippen LogP contribution < -0.4 is 15.6 Å². The van der Waals surface area contributed by atoms with Crippen molar-refractivity contribution in [3.63, 3.8) is 0 Å². The van der Waals surface area contributed by atoms with E-state index in [4.69, 9.17) is 14.6 Å². The monoisotopic (exact) mass is 556 g/mol. The highest BCUT2D eigenvalue weighted by Crippen LogP contribution is 2.26. The molecule has 0 spiro atoms. The average Bonchev–Trinajstić information content (AvgIpc) is 2.98. The maximum absolute atomic E-state index is 13.9. The van der Waals surface area contributed by atoms with Gasteiger partial charge < -0.3 is 14.9 Å². The Morgan fingerprint density at radius 2 is 1.78 bits per heavy atom. The molecule has 3 rings (SSSR count). The zero-order valence-corrected chi connectivity index (χ0v) is 24.9. The molecule has 0 radical (unpaired) electrons. The second-order valence-corrected chi connectivity index (χ2v) is 9.51. The molecule has 8 nitrogen and oxygen atoms in total. The summed E-state index contributed by atoms with van der Waals surface area (Å²) in [6, 6.07) is 15.6. The number of methoxy groups -OCH3 is 1. The van der Waals surface area contributed by atoms with Crippen LogP contribution in [0.5, 0.6) is 5.75 Å². The number of carbonyl (C=O) groups is 1. The van der Waals surface area contributed by atoms with Gasteiger partial charge in [0, 0.05) is 17.6 Å². The molecule has 8 heteroatoms. The Kier molecular flexibility index (Phi) is 11.6. The van der Waals surface area contributed by atoms with Gasteiger partial charge in [0.2, 0.25) is 6.41 Å². The predicted molar refractivity (Wildman–Crippen MR) is 165 cm³/mol. The van der Waals surface area contributed by atoms with E-state index in [1.807, 2.05) is 68.5 Å². The van der Waals surface area contributed by atoms with E-state index in [1.54, 1.807) is 11.7 Å². The lowest BCUT2D eigenvalue weighted by Crippen LogP contribution is -2.28. The standard InChI is InChI=1S/C33H40N4O4/c1-7-10-12-31-30(33(39)37(23(4)35-31)26-17-19-27(40-5)20-18-26)21-24-13-15-25(16-14-24)29(11-8-2)28(9-3)32(34-22-38)36-41-6/h9,11,13-20,22H,7-8,10,12,21H2,1-6H3,(H,34,36,38)/b28-9+,29-11-. The molecule has 3 aromatic rings. The van der Waals surface area contributed by atoms with Gasteiger partial charge in [-0.2, -0.15) is 0 Å². The molecule has 1 amide bonds. The lowest BCUT2D eigenvalue weighted by molar-refractivity contribution is -0.108. The van der Waals surface area contributed by atoms with E-state index >= 15 is 0 Å². The molecule has 0 aliphatic carbocycles. The van der Waals surface area contributed by atoms with E-state index < -0.39 is 0 Å². The summed E-state index contributed by atoms with van der Waals surface area (Å²) in [5.41, 5.74) is 5.90. The van der Waals surface area contributed by atoms with Gasteiger partial charge in [-0.05, 0) is 74.1 Å². The summed E-state index contributed by atoms with van der Waals surface area (Å²) in [4.78, 5) is 35.0. The largest absolute Gasteiger partial charge is 0.497 e. The number of rotatable bonds is 13. The molecular formula is C33H40N4O4. The van der Waals surface area contributed by atoms with Gasteiger partial charge in [0.15, 0.2) is 5.84 Å². The van der Waals surface area contributed by atoms with Crippen LogP contribution in [0.1, 0.15) is 68.2 Å². The van der Waals surface area contributed by atoms with E-state index in [1.165, 1.54) is 7.11 Å². The van der Waals surface area contributed by atoms with E-state index in [0.717, 1.165) is 65.1 Å². The van der Waals surface area contributed by atoms with Gasteiger partial charge in [-0.15, -0.1) is 0 Å². The topological polar surface area (TPSA) is 94.8 Å². The van der Waals surface area contributed by atoms with Gasteiger partial charge in [-0.1, -0.05) is 61.8 Å². The van der Waals surface area contributed by atoms with E-state index in [9.17, 15) is 9.59 Å². The number of benzene rings is 2. The molecule has 0 atom stereocenters. The van der Waals surface area contributed by atoms with E-state index in [0.29, 0.717) is 30.1 Å². The van der Waals surface area contributed by atoms with Crippen molar-refractivity contribution < 1.29 is 14.4 Å². The summed E-state index contributed by atoms with van der Waals surface area (Å²) < 4.78 is 6.97. The van der Waals surface area contributed by atoms with Crippen LogP contribution >= 0.6 is 0 Å². The fourth-order valence-electron chi connectivity index (χ4n) is 4.80. The summed E-state index contributed by atoms with van der Waals surface area (Å²) in [6.07, 6.45) is 8.54. The first-order valence-corrected chi connectivity index (χ1v) is 14.0. The number of nitrogens with zero attached hydrogens (tertiary/aromatic N) is 3. The summed E-state index contributed by atoms with van der Waals surface area (Å²) in [5.74, 6) is 1.72. The molecule has 0 unspecified atom stereocenters. The lowest BCUT2D eigenvalue weighted by atomic mass is 9.93. The number of unbranched alkanes of at least 4 members (excludes halogenated alkanes) is 1. The molecule has 1 N–H and O–H groups in total. The predicted octanol–water partition coefficient (Wildman–Crippen LogP) is 5.93. The van der Waals surface area contributed by atoms with Crippen LogP contribution in [0.2, 0.25) is 0 Å². The molecule has 0 saturated carbocycles. The van der Waals surface area contributed by atoms with Crippen molar-refractivity contribution >= 4 is 17.8 Å². The van der Waals surface area contributed by atoms with E-state index in [-0.39, 0.29) is 5.56 Å². The maximum Gasteiger partial charge on any atom is 0.261 e. The van der Waals surface area contributed by atoms with Crippen molar-refractivity contribution in [3.8, 4) is 11.4 Å². The molecular weight excluding hydrogens is 516 g/mol. The molecule has 216 valence electrons. The molecule has 2 aromatic carbocycles. The summed E-state index contributed by atoms with van der Waals surface area (Å²) >= 11 is 0. The number of amides is 1. The van der Waals surface area contributed by atoms with Crippen LogP contribution in [-0.4, -0.2) is 36.0 Å². The Hall–Kier alpha value is -4.46. The number of aryl methyl sites for hydroxylation is 2. The minimum Gasteiger partial charge on any atom is -0.497 e. The highest BCUT2D eigenvalue weighted by atomic mass is 16.6. The van der Waals surface area contributed by atoms with Crippen molar-refractivity contribution in [2.45, 2.75) is 59.8 Å². The number of allylic oxidation sites excluding steroid dienone is 2. The fourth-order valence-corrected chi connectivity index (χ4v) is 4.80. The smallest absolute Gasteiger partial charge is 0.261 e. The third-order valence-corrected chi connectivity index (χ3v) is 6.79. The van der Waals surface area contributed by atoms with Gasteiger partial charge in [-0.25, -0.2) is 4.98 Å². The Morgan fingerprint density at radius 1 is 1.07 bits per heavy atom. The number of hydrogen-bond donors (Lipinski definition) is 1. The number of carbonyl (C=O) groups excluding carboxylic acids is 1. The van der Waals surface area contributed by atoms with Gasteiger partial charge in [0.05, 0.1) is 18.5 Å². The molecule has 0 fully saturated rings. The van der Waals surface area contributed by atoms with Crippen LogP contribution in [0.3, 0.4) is 0 Å². The van der Waals surface area contributed by atoms with Crippen molar-refractivity contribution in [1.82, 2.24) is 14.9 Å². The van der Waals surface area contributed by atoms with Crippen LogP contribution in [-0.2, 0) is 22.5 Å². The third kappa shape index (κ3) is 7.60. The molecule has 1 aromatic heterocycles. The maximum atomic E-state index is 13.9. The second-order valence-electron chi connectivity index (χ2n) is 9.51. The quantitative estimate of drug-likeness (QED) is 0.0926. The van der Waals surface area contributed by atoms with Gasteiger partial charge >= 0.3 is 0 Å². The van der Waals surface area contributed by atoms with Gasteiger partial charge in [0.1, 0.15) is 18.7 Å². The minimum atomic E-state index is -0.0547. The number of nitrogens with one attached hydrogen (secondary N) is 1. The number of aromatic nitrogens is 2. The van der Waals surface area contributed by atoms with Crippen LogP contribution in [0, 0.1) is 6.92 Å². The molecule has 0 bridgehead atoms. The number of oxime groups is 1. The normalized spacial score (nSPS) is 12.3. The minimum absolute atomic E-state index is 0.0547. The Balaban J connectivity index is 2.03. The zero-order valence-electron chi connectivity index (χ0n) is 24.9. The second kappa shape index (κ2) is 15.4. The summed E-state index contributed by atoms with van der Waals surface area (Å²) in [5, 5.41) is 6.63. The zero-order chi connectivity index (χ0) is 29.8. The molecule has 0 saturated heterocycles. The first-order valence-electron chi connectivity index (χ1n) is 14.0. The Labute approximate surface area is 242 Å². The van der Waals surface area contributed by atoms with Crippen molar-refractivity contribution in [3.05, 3.63) is 105 Å². The Morgan fingerprint density at radius 3 is 2.34 bits per heavy atom. The number of ether oxygens (including phenoxy) is 1. The Bertz CT molecular complexity index is 1470.